The van der Waals surface area contributed by atoms with E-state index in [1.54, 1.807) is 0 Å². The second kappa shape index (κ2) is 5.48. The predicted octanol–water partition coefficient (Wildman–Crippen LogP) is 3.98. The number of halogens is 3. The van der Waals surface area contributed by atoms with Gasteiger partial charge in [-0.25, -0.2) is 4.39 Å². The molecule has 1 aromatic rings. The van der Waals surface area contributed by atoms with E-state index in [9.17, 15) is 8.94 Å². The lowest BCUT2D eigenvalue weighted by atomic mass is 10.1. The molecule has 0 aromatic heterocycles. The highest BCUT2D eigenvalue weighted by molar-refractivity contribution is 8.07. The van der Waals surface area contributed by atoms with E-state index >= 15 is 0 Å². The van der Waals surface area contributed by atoms with Crippen LogP contribution in [0.4, 0.5) is 4.39 Å². The molecule has 19 heavy (non-hydrogen) atoms. The first-order valence-corrected chi connectivity index (χ1v) is 7.58. The fraction of sp³-hybridized carbons (Fsp3) is 0.417. The minimum Gasteiger partial charge on any atom is -0.609 e. The summed E-state index contributed by atoms with van der Waals surface area (Å²) in [5, 5.41) is 4.22. The second-order valence-electron chi connectivity index (χ2n) is 4.76. The van der Waals surface area contributed by atoms with Crippen molar-refractivity contribution in [1.82, 2.24) is 0 Å². The van der Waals surface area contributed by atoms with Gasteiger partial charge < -0.3 is 9.39 Å². The molecular formula is C12H12Cl2FNO2S. The predicted molar refractivity (Wildman–Crippen MR) is 75.4 cm³/mol. The molecule has 2 unspecified atom stereocenters. The van der Waals surface area contributed by atoms with Crippen molar-refractivity contribution in [2.45, 2.75) is 30.6 Å². The zero-order valence-electron chi connectivity index (χ0n) is 10.3. The zero-order valence-corrected chi connectivity index (χ0v) is 12.7. The van der Waals surface area contributed by atoms with Gasteiger partial charge in [-0.05, 0) is 31.1 Å². The van der Waals surface area contributed by atoms with Crippen LogP contribution in [-0.4, -0.2) is 15.2 Å². The van der Waals surface area contributed by atoms with Crippen LogP contribution in [0.5, 0.6) is 0 Å². The van der Waals surface area contributed by atoms with Gasteiger partial charge in [0.25, 0.3) is 5.04 Å². The summed E-state index contributed by atoms with van der Waals surface area (Å²) in [6, 6.07) is 4.20. The molecule has 0 amide bonds. The number of alkyl halides is 1. The van der Waals surface area contributed by atoms with Gasteiger partial charge >= 0.3 is 0 Å². The van der Waals surface area contributed by atoms with Crippen molar-refractivity contribution in [2.24, 2.45) is 5.16 Å². The van der Waals surface area contributed by atoms with E-state index in [4.69, 9.17) is 28.0 Å². The number of hydrogen-bond donors (Lipinski definition) is 0. The lowest BCUT2D eigenvalue weighted by Gasteiger charge is -2.17. The number of rotatable bonds is 2. The van der Waals surface area contributed by atoms with E-state index in [0.717, 1.165) is 0 Å². The standard InChI is InChI=1S/C12H12Cl2FNO2S/c1-12(2)6-9(16-18-12)19(17)11(14)10-7(13)4-3-5-8(10)15/h3-5,11H,6H2,1-2H3. The first-order chi connectivity index (χ1) is 8.82. The number of nitrogens with zero attached hydrogens (tertiary/aromatic N) is 1. The monoisotopic (exact) mass is 323 g/mol. The van der Waals surface area contributed by atoms with Gasteiger partial charge in [-0.1, -0.05) is 29.3 Å². The molecule has 3 nitrogen and oxygen atoms in total. The molecular weight excluding hydrogens is 312 g/mol. The van der Waals surface area contributed by atoms with Crippen LogP contribution in [0.1, 0.15) is 30.5 Å². The molecule has 7 heteroatoms. The lowest BCUT2D eigenvalue weighted by Crippen LogP contribution is -2.24. The van der Waals surface area contributed by atoms with Crippen molar-refractivity contribution in [3.05, 3.63) is 34.6 Å². The van der Waals surface area contributed by atoms with Crippen LogP contribution in [0.2, 0.25) is 5.02 Å². The van der Waals surface area contributed by atoms with Gasteiger partial charge in [-0.15, -0.1) is 0 Å². The molecule has 104 valence electrons. The molecule has 1 heterocycles. The van der Waals surface area contributed by atoms with Gasteiger partial charge in [0, 0.05) is 11.2 Å². The van der Waals surface area contributed by atoms with Gasteiger partial charge in [0.2, 0.25) is 4.71 Å². The minimum absolute atomic E-state index is 0.0246. The summed E-state index contributed by atoms with van der Waals surface area (Å²) >= 11 is 10.3. The van der Waals surface area contributed by atoms with Gasteiger partial charge in [0.05, 0.1) is 17.0 Å². The van der Waals surface area contributed by atoms with Crippen molar-refractivity contribution in [3.8, 4) is 0 Å². The van der Waals surface area contributed by atoms with Gasteiger partial charge in [0.1, 0.15) is 11.4 Å². The van der Waals surface area contributed by atoms with Gasteiger partial charge in [-0.3, -0.25) is 0 Å². The quantitative estimate of drug-likeness (QED) is 0.610. The number of benzene rings is 1. The summed E-state index contributed by atoms with van der Waals surface area (Å²) in [5.74, 6) is -0.584. The van der Waals surface area contributed by atoms with Gasteiger partial charge in [0.15, 0.2) is 0 Å². The Morgan fingerprint density at radius 2 is 2.21 bits per heavy atom. The lowest BCUT2D eigenvalue weighted by molar-refractivity contribution is 0.0123. The third-order valence-electron chi connectivity index (χ3n) is 2.62. The molecule has 1 aliphatic heterocycles. The summed E-state index contributed by atoms with van der Waals surface area (Å²) in [6.45, 7) is 3.64. The van der Waals surface area contributed by atoms with E-state index in [1.807, 2.05) is 13.8 Å². The van der Waals surface area contributed by atoms with Crippen LogP contribution in [0.15, 0.2) is 23.4 Å². The maximum atomic E-state index is 13.7. The Morgan fingerprint density at radius 3 is 2.74 bits per heavy atom. The molecule has 0 radical (unpaired) electrons. The minimum atomic E-state index is -1.69. The largest absolute Gasteiger partial charge is 0.609 e. The molecule has 0 saturated carbocycles. The van der Waals surface area contributed by atoms with Crippen LogP contribution in [0.25, 0.3) is 0 Å². The maximum absolute atomic E-state index is 13.7. The number of hydrogen-bond acceptors (Lipinski definition) is 3. The first-order valence-electron chi connectivity index (χ1n) is 5.55. The fourth-order valence-electron chi connectivity index (χ4n) is 1.67. The Hall–Kier alpha value is -0.490. The van der Waals surface area contributed by atoms with Crippen LogP contribution < -0.4 is 0 Å². The van der Waals surface area contributed by atoms with Crippen molar-refractivity contribution in [3.63, 3.8) is 0 Å². The van der Waals surface area contributed by atoms with Crippen LogP contribution >= 0.6 is 23.2 Å². The Morgan fingerprint density at radius 1 is 1.53 bits per heavy atom. The number of oxime groups is 1. The summed E-state index contributed by atoms with van der Waals surface area (Å²) in [4.78, 5) is 5.13. The maximum Gasteiger partial charge on any atom is 0.260 e. The molecule has 0 saturated heterocycles. The first kappa shape index (κ1) is 14.9. The molecule has 0 spiro atoms. The van der Waals surface area contributed by atoms with Crippen molar-refractivity contribution < 1.29 is 13.8 Å². The van der Waals surface area contributed by atoms with Crippen LogP contribution in [-0.2, 0) is 16.0 Å². The molecule has 0 N–H and O–H groups in total. The Labute approximate surface area is 123 Å². The van der Waals surface area contributed by atoms with Crippen molar-refractivity contribution >= 4 is 39.4 Å². The molecule has 0 fully saturated rings. The van der Waals surface area contributed by atoms with E-state index in [0.29, 0.717) is 11.5 Å². The molecule has 0 bridgehead atoms. The Balaban J connectivity index is 2.23. The van der Waals surface area contributed by atoms with E-state index in [2.05, 4.69) is 5.16 Å². The molecule has 2 rings (SSSR count). The summed E-state index contributed by atoms with van der Waals surface area (Å²) in [6.07, 6.45) is 0.384. The average molecular weight is 324 g/mol. The molecule has 2 atom stereocenters. The highest BCUT2D eigenvalue weighted by atomic mass is 35.5. The Bertz CT molecular complexity index is 504. The zero-order chi connectivity index (χ0) is 14.2. The highest BCUT2D eigenvalue weighted by Gasteiger charge is 2.40. The summed E-state index contributed by atoms with van der Waals surface area (Å²) < 4.78 is 24.9. The second-order valence-corrected chi connectivity index (χ2v) is 7.40. The van der Waals surface area contributed by atoms with Gasteiger partial charge in [-0.2, -0.15) is 0 Å². The van der Waals surface area contributed by atoms with E-state index < -0.39 is 27.3 Å². The molecule has 1 aromatic carbocycles. The van der Waals surface area contributed by atoms with E-state index in [-0.39, 0.29) is 10.6 Å². The summed E-state index contributed by atoms with van der Waals surface area (Å²) in [5.41, 5.74) is -0.489. The fourth-order valence-corrected chi connectivity index (χ4v) is 3.88. The topological polar surface area (TPSA) is 44.7 Å². The highest BCUT2D eigenvalue weighted by Crippen LogP contribution is 2.38. The average Bonchev–Trinajstić information content (AvgIpc) is 2.68. The van der Waals surface area contributed by atoms with E-state index in [1.165, 1.54) is 18.2 Å². The van der Waals surface area contributed by atoms with Crippen LogP contribution in [0.3, 0.4) is 0 Å². The third-order valence-corrected chi connectivity index (χ3v) is 4.95. The molecule has 1 aliphatic rings. The molecule has 0 aliphatic carbocycles. The van der Waals surface area contributed by atoms with Crippen LogP contribution in [0, 0.1) is 5.82 Å². The van der Waals surface area contributed by atoms with Crippen molar-refractivity contribution in [2.75, 3.05) is 0 Å². The third kappa shape index (κ3) is 3.16. The van der Waals surface area contributed by atoms with Crippen molar-refractivity contribution in [1.29, 1.82) is 0 Å². The Kier molecular flexibility index (Phi) is 4.30. The smallest absolute Gasteiger partial charge is 0.260 e. The normalized spacial score (nSPS) is 20.6. The SMILES string of the molecule is CC1(C)CC([S+]([O-])C(Cl)c2c(F)cccc2Cl)=NO1. The summed E-state index contributed by atoms with van der Waals surface area (Å²) in [7, 11) is 0.